The van der Waals surface area contributed by atoms with E-state index in [1.807, 2.05) is 0 Å². The van der Waals surface area contributed by atoms with Gasteiger partial charge in [-0.25, -0.2) is 4.79 Å². The summed E-state index contributed by atoms with van der Waals surface area (Å²) >= 11 is 0. The van der Waals surface area contributed by atoms with Crippen molar-refractivity contribution in [3.8, 4) is 0 Å². The molecular formula is C15H17F3N2O2. The minimum absolute atomic E-state index is 0.0371. The summed E-state index contributed by atoms with van der Waals surface area (Å²) in [7, 11) is 0. The van der Waals surface area contributed by atoms with E-state index in [4.69, 9.17) is 5.11 Å². The van der Waals surface area contributed by atoms with E-state index in [-0.39, 0.29) is 6.04 Å². The van der Waals surface area contributed by atoms with E-state index in [0.29, 0.717) is 18.4 Å². The Kier molecular flexibility index (Phi) is 3.76. The van der Waals surface area contributed by atoms with Crippen LogP contribution in [0.5, 0.6) is 0 Å². The normalized spacial score (nSPS) is 28.0. The second kappa shape index (κ2) is 5.46. The first-order valence-corrected chi connectivity index (χ1v) is 7.22. The summed E-state index contributed by atoms with van der Waals surface area (Å²) in [5.41, 5.74) is 0.206. The molecule has 0 aromatic heterocycles. The SMILES string of the molecule is O=C(O)N[C@H]1[C@@H]2CCN(Cc3ccc(C(F)(F)F)cc3)C[C@@H]21. The molecule has 3 rings (SSSR count). The highest BCUT2D eigenvalue weighted by atomic mass is 19.4. The van der Waals surface area contributed by atoms with Crippen LogP contribution in [0.4, 0.5) is 18.0 Å². The van der Waals surface area contributed by atoms with E-state index in [1.54, 1.807) is 0 Å². The fraction of sp³-hybridized carbons (Fsp3) is 0.533. The fourth-order valence-corrected chi connectivity index (χ4v) is 3.37. The zero-order valence-electron chi connectivity index (χ0n) is 11.8. The Morgan fingerprint density at radius 1 is 1.27 bits per heavy atom. The highest BCUT2D eigenvalue weighted by Gasteiger charge is 2.53. The van der Waals surface area contributed by atoms with E-state index in [0.717, 1.165) is 37.2 Å². The molecule has 0 bridgehead atoms. The largest absolute Gasteiger partial charge is 0.465 e. The summed E-state index contributed by atoms with van der Waals surface area (Å²) in [6, 6.07) is 5.26. The van der Waals surface area contributed by atoms with Gasteiger partial charge in [-0.05, 0) is 42.5 Å². The first kappa shape index (κ1) is 15.1. The molecule has 3 atom stereocenters. The number of nitrogens with zero attached hydrogens (tertiary/aromatic N) is 1. The number of carbonyl (C=O) groups is 1. The van der Waals surface area contributed by atoms with Gasteiger partial charge in [0.25, 0.3) is 0 Å². The lowest BCUT2D eigenvalue weighted by Gasteiger charge is -2.25. The standard InChI is InChI=1S/C15H17F3N2O2/c16-15(17,18)10-3-1-9(2-4-10)7-20-6-5-11-12(8-20)13(11)19-14(21)22/h1-4,11-13,19H,5-8H2,(H,21,22)/t11-,12+,13+/m1/s1. The maximum absolute atomic E-state index is 12.5. The third kappa shape index (κ3) is 3.19. The van der Waals surface area contributed by atoms with Gasteiger partial charge in [-0.1, -0.05) is 12.1 Å². The van der Waals surface area contributed by atoms with Crippen molar-refractivity contribution in [2.24, 2.45) is 11.8 Å². The number of benzene rings is 1. The Labute approximate surface area is 125 Å². The molecule has 120 valence electrons. The van der Waals surface area contributed by atoms with Gasteiger partial charge in [0, 0.05) is 19.1 Å². The molecule has 1 aliphatic carbocycles. The minimum Gasteiger partial charge on any atom is -0.465 e. The lowest BCUT2D eigenvalue weighted by molar-refractivity contribution is -0.137. The van der Waals surface area contributed by atoms with Crippen LogP contribution in [-0.2, 0) is 12.7 Å². The Hall–Kier alpha value is -1.76. The molecule has 22 heavy (non-hydrogen) atoms. The first-order chi connectivity index (χ1) is 10.3. The van der Waals surface area contributed by atoms with Gasteiger partial charge in [0.2, 0.25) is 0 Å². The van der Waals surface area contributed by atoms with Gasteiger partial charge in [-0.3, -0.25) is 4.90 Å². The molecule has 7 heteroatoms. The van der Waals surface area contributed by atoms with Crippen LogP contribution in [0.15, 0.2) is 24.3 Å². The van der Waals surface area contributed by atoms with Crippen LogP contribution in [0, 0.1) is 11.8 Å². The van der Waals surface area contributed by atoms with Crippen molar-refractivity contribution in [1.82, 2.24) is 10.2 Å². The predicted molar refractivity (Wildman–Crippen MR) is 73.3 cm³/mol. The van der Waals surface area contributed by atoms with E-state index in [2.05, 4.69) is 10.2 Å². The molecule has 1 aromatic carbocycles. The maximum atomic E-state index is 12.5. The molecule has 2 N–H and O–H groups in total. The zero-order valence-corrected chi connectivity index (χ0v) is 11.8. The van der Waals surface area contributed by atoms with Crippen LogP contribution in [-0.4, -0.2) is 35.2 Å². The van der Waals surface area contributed by atoms with Crippen LogP contribution in [0.2, 0.25) is 0 Å². The minimum atomic E-state index is -4.30. The Morgan fingerprint density at radius 3 is 2.55 bits per heavy atom. The van der Waals surface area contributed by atoms with Crippen molar-refractivity contribution in [3.63, 3.8) is 0 Å². The number of halogens is 3. The van der Waals surface area contributed by atoms with Crippen molar-refractivity contribution < 1.29 is 23.1 Å². The molecule has 1 amide bonds. The van der Waals surface area contributed by atoms with E-state index >= 15 is 0 Å². The number of piperidine rings is 1. The van der Waals surface area contributed by atoms with Crippen molar-refractivity contribution in [2.45, 2.75) is 25.2 Å². The fourth-order valence-electron chi connectivity index (χ4n) is 3.37. The average Bonchev–Trinajstić information content (AvgIpc) is 3.10. The van der Waals surface area contributed by atoms with E-state index in [9.17, 15) is 18.0 Å². The van der Waals surface area contributed by atoms with Gasteiger partial charge in [0.1, 0.15) is 0 Å². The van der Waals surface area contributed by atoms with Crippen LogP contribution in [0.1, 0.15) is 17.5 Å². The quantitative estimate of drug-likeness (QED) is 0.902. The summed E-state index contributed by atoms with van der Waals surface area (Å²) in [5.74, 6) is 0.749. The molecule has 4 nitrogen and oxygen atoms in total. The zero-order chi connectivity index (χ0) is 15.9. The Bertz CT molecular complexity index is 559. The van der Waals surface area contributed by atoms with Crippen molar-refractivity contribution >= 4 is 6.09 Å². The molecule has 1 aromatic rings. The van der Waals surface area contributed by atoms with Crippen molar-refractivity contribution in [3.05, 3.63) is 35.4 Å². The third-order valence-corrected chi connectivity index (χ3v) is 4.56. The van der Waals surface area contributed by atoms with Gasteiger partial charge >= 0.3 is 12.3 Å². The smallest absolute Gasteiger partial charge is 0.416 e. The number of likely N-dealkylation sites (tertiary alicyclic amines) is 1. The van der Waals surface area contributed by atoms with Gasteiger partial charge in [0.05, 0.1) is 5.56 Å². The Balaban J connectivity index is 1.55. The second-order valence-corrected chi connectivity index (χ2v) is 6.02. The molecule has 2 fully saturated rings. The summed E-state index contributed by atoms with van der Waals surface area (Å²) in [6.07, 6.45) is -4.37. The molecule has 1 aliphatic heterocycles. The summed E-state index contributed by atoms with van der Waals surface area (Å²) in [6.45, 7) is 2.23. The van der Waals surface area contributed by atoms with Crippen LogP contribution < -0.4 is 5.32 Å². The molecule has 0 unspecified atom stereocenters. The molecule has 1 heterocycles. The maximum Gasteiger partial charge on any atom is 0.416 e. The molecular weight excluding hydrogens is 297 g/mol. The van der Waals surface area contributed by atoms with Gasteiger partial charge in [0.15, 0.2) is 0 Å². The van der Waals surface area contributed by atoms with E-state index in [1.165, 1.54) is 12.1 Å². The summed E-state index contributed by atoms with van der Waals surface area (Å²) < 4.78 is 37.6. The number of rotatable bonds is 3. The first-order valence-electron chi connectivity index (χ1n) is 7.22. The average molecular weight is 314 g/mol. The molecule has 1 saturated carbocycles. The summed E-state index contributed by atoms with van der Waals surface area (Å²) in [4.78, 5) is 12.8. The predicted octanol–water partition coefficient (Wildman–Crippen LogP) is 2.79. The Morgan fingerprint density at radius 2 is 1.95 bits per heavy atom. The number of fused-ring (bicyclic) bond motifs is 1. The number of hydrogen-bond donors (Lipinski definition) is 2. The number of hydrogen-bond acceptors (Lipinski definition) is 2. The van der Waals surface area contributed by atoms with Crippen LogP contribution in [0.25, 0.3) is 0 Å². The highest BCUT2D eigenvalue weighted by Crippen LogP contribution is 2.45. The monoisotopic (exact) mass is 314 g/mol. The van der Waals surface area contributed by atoms with Gasteiger partial charge in [-0.2, -0.15) is 13.2 Å². The van der Waals surface area contributed by atoms with Gasteiger partial charge in [-0.15, -0.1) is 0 Å². The van der Waals surface area contributed by atoms with Crippen LogP contribution in [0.3, 0.4) is 0 Å². The van der Waals surface area contributed by atoms with Crippen LogP contribution >= 0.6 is 0 Å². The lowest BCUT2D eigenvalue weighted by Crippen LogP contribution is -2.31. The molecule has 0 radical (unpaired) electrons. The van der Waals surface area contributed by atoms with Crippen molar-refractivity contribution in [2.75, 3.05) is 13.1 Å². The number of carboxylic acid groups (broad SMARTS) is 1. The van der Waals surface area contributed by atoms with Gasteiger partial charge < -0.3 is 10.4 Å². The molecule has 2 aliphatic rings. The van der Waals surface area contributed by atoms with E-state index < -0.39 is 17.8 Å². The van der Waals surface area contributed by atoms with Crippen molar-refractivity contribution in [1.29, 1.82) is 0 Å². The molecule has 0 spiro atoms. The molecule has 1 saturated heterocycles. The highest BCUT2D eigenvalue weighted by molar-refractivity contribution is 5.65. The number of nitrogens with one attached hydrogen (secondary N) is 1. The topological polar surface area (TPSA) is 52.6 Å². The summed E-state index contributed by atoms with van der Waals surface area (Å²) in [5, 5.41) is 11.3. The second-order valence-electron chi connectivity index (χ2n) is 6.02. The third-order valence-electron chi connectivity index (χ3n) is 4.56. The number of amides is 1. The lowest BCUT2D eigenvalue weighted by atomic mass is 10.1. The number of alkyl halides is 3.